The fraction of sp³-hybridized carbons (Fsp3) is 0.538. The van der Waals surface area contributed by atoms with Crippen LogP contribution < -0.4 is 11.3 Å². The molecule has 6 heteroatoms. The third-order valence-corrected chi connectivity index (χ3v) is 3.30. The van der Waals surface area contributed by atoms with E-state index in [4.69, 9.17) is 17.4 Å². The van der Waals surface area contributed by atoms with E-state index in [0.717, 1.165) is 6.42 Å². The van der Waals surface area contributed by atoms with Gasteiger partial charge in [-0.3, -0.25) is 4.79 Å². The Morgan fingerprint density at radius 2 is 2.11 bits per heavy atom. The quantitative estimate of drug-likeness (QED) is 0.644. The molecular weight excluding hydrogens is 264 g/mol. The molecule has 0 aromatic carbocycles. The average Bonchev–Trinajstić information content (AvgIpc) is 2.36. The minimum absolute atomic E-state index is 0.125. The van der Waals surface area contributed by atoms with Gasteiger partial charge < -0.3 is 10.3 Å². The summed E-state index contributed by atoms with van der Waals surface area (Å²) in [6, 6.07) is 3.36. The molecule has 1 aromatic heterocycles. The van der Waals surface area contributed by atoms with Crippen LogP contribution in [-0.4, -0.2) is 28.9 Å². The largest absolute Gasteiger partial charge is 0.338 e. The van der Waals surface area contributed by atoms with Crippen molar-refractivity contribution in [2.24, 2.45) is 11.8 Å². The lowest BCUT2D eigenvalue weighted by atomic mass is 10.0. The number of nitrogens with two attached hydrogens (primary N) is 1. The Hall–Kier alpha value is -1.33. The molecule has 0 saturated heterocycles. The average molecular weight is 285 g/mol. The summed E-state index contributed by atoms with van der Waals surface area (Å²) in [7, 11) is 1.76. The molecular formula is C13H21ClN4O. The Morgan fingerprint density at radius 3 is 2.63 bits per heavy atom. The van der Waals surface area contributed by atoms with Gasteiger partial charge in [0.15, 0.2) is 0 Å². The number of anilines is 1. The predicted molar refractivity (Wildman–Crippen MR) is 78.1 cm³/mol. The first-order valence-corrected chi connectivity index (χ1v) is 6.65. The van der Waals surface area contributed by atoms with Crippen LogP contribution in [0.15, 0.2) is 12.1 Å². The molecule has 0 aliphatic heterocycles. The van der Waals surface area contributed by atoms with Crippen molar-refractivity contribution in [2.45, 2.75) is 33.2 Å². The second-order valence-corrected chi connectivity index (χ2v) is 5.47. The third-order valence-electron chi connectivity index (χ3n) is 2.99. The van der Waals surface area contributed by atoms with Gasteiger partial charge in [0.05, 0.1) is 5.02 Å². The molecule has 0 radical (unpaired) electrons. The molecule has 0 fully saturated rings. The topological polar surface area (TPSA) is 71.2 Å². The lowest BCUT2D eigenvalue weighted by Crippen LogP contribution is -2.36. The van der Waals surface area contributed by atoms with Gasteiger partial charge in [-0.15, -0.1) is 0 Å². The summed E-state index contributed by atoms with van der Waals surface area (Å²) in [4.78, 5) is 18.1. The molecule has 19 heavy (non-hydrogen) atoms. The predicted octanol–water partition coefficient (Wildman–Crippen LogP) is 2.53. The van der Waals surface area contributed by atoms with Crippen molar-refractivity contribution in [3.05, 3.63) is 22.8 Å². The van der Waals surface area contributed by atoms with Crippen molar-refractivity contribution in [3.63, 3.8) is 0 Å². The Kier molecular flexibility index (Phi) is 5.57. The Balaban J connectivity index is 2.93. The number of nitrogens with one attached hydrogen (secondary N) is 1. The zero-order chi connectivity index (χ0) is 14.6. The Labute approximate surface area is 119 Å². The number of pyridine rings is 1. The number of aromatic nitrogens is 1. The summed E-state index contributed by atoms with van der Waals surface area (Å²) >= 11 is 6.02. The Morgan fingerprint density at radius 1 is 1.47 bits per heavy atom. The number of rotatable bonds is 5. The van der Waals surface area contributed by atoms with Crippen molar-refractivity contribution in [2.75, 3.05) is 12.5 Å². The number of carbonyl (C=O) groups excluding carboxylic acids is 1. The lowest BCUT2D eigenvalue weighted by Gasteiger charge is -2.26. The van der Waals surface area contributed by atoms with E-state index in [9.17, 15) is 4.79 Å². The SMILES string of the molecule is CC(C)CC(C)N(C)C(=O)c1nc(NN)ccc1Cl. The fourth-order valence-electron chi connectivity index (χ4n) is 1.88. The minimum Gasteiger partial charge on any atom is -0.338 e. The highest BCUT2D eigenvalue weighted by molar-refractivity contribution is 6.33. The van der Waals surface area contributed by atoms with Crippen LogP contribution in [0.4, 0.5) is 5.82 Å². The molecule has 1 heterocycles. The van der Waals surface area contributed by atoms with Crippen LogP contribution in [0.25, 0.3) is 0 Å². The van der Waals surface area contributed by atoms with Gasteiger partial charge in [-0.05, 0) is 31.4 Å². The Bertz CT molecular complexity index is 450. The maximum Gasteiger partial charge on any atom is 0.274 e. The van der Waals surface area contributed by atoms with Crippen LogP contribution in [0.5, 0.6) is 0 Å². The van der Waals surface area contributed by atoms with Crippen molar-refractivity contribution in [1.29, 1.82) is 0 Å². The smallest absolute Gasteiger partial charge is 0.274 e. The van der Waals surface area contributed by atoms with Gasteiger partial charge in [-0.25, -0.2) is 10.8 Å². The number of carbonyl (C=O) groups is 1. The van der Waals surface area contributed by atoms with Gasteiger partial charge in [0.1, 0.15) is 11.5 Å². The van der Waals surface area contributed by atoms with Gasteiger partial charge in [0.2, 0.25) is 0 Å². The van der Waals surface area contributed by atoms with Gasteiger partial charge >= 0.3 is 0 Å². The van der Waals surface area contributed by atoms with Crippen LogP contribution in [-0.2, 0) is 0 Å². The molecule has 1 amide bonds. The molecule has 0 saturated carbocycles. The second kappa shape index (κ2) is 6.73. The lowest BCUT2D eigenvalue weighted by molar-refractivity contribution is 0.0722. The summed E-state index contributed by atoms with van der Waals surface area (Å²) in [6.45, 7) is 6.26. The summed E-state index contributed by atoms with van der Waals surface area (Å²) < 4.78 is 0. The first-order chi connectivity index (χ1) is 8.86. The number of nitrogens with zero attached hydrogens (tertiary/aromatic N) is 2. The van der Waals surface area contributed by atoms with E-state index < -0.39 is 0 Å². The van der Waals surface area contributed by atoms with E-state index in [1.54, 1.807) is 24.1 Å². The molecule has 1 unspecified atom stereocenters. The van der Waals surface area contributed by atoms with E-state index in [0.29, 0.717) is 16.8 Å². The normalized spacial score (nSPS) is 12.4. The molecule has 1 atom stereocenters. The van der Waals surface area contributed by atoms with Gasteiger partial charge in [0, 0.05) is 13.1 Å². The van der Waals surface area contributed by atoms with E-state index in [1.165, 1.54) is 0 Å². The highest BCUT2D eigenvalue weighted by Crippen LogP contribution is 2.19. The number of hydrazine groups is 1. The number of hydrogen-bond acceptors (Lipinski definition) is 4. The molecule has 1 rings (SSSR count). The highest BCUT2D eigenvalue weighted by atomic mass is 35.5. The molecule has 0 aliphatic rings. The number of halogens is 1. The number of hydrogen-bond donors (Lipinski definition) is 2. The van der Waals surface area contributed by atoms with E-state index in [-0.39, 0.29) is 17.6 Å². The molecule has 1 aromatic rings. The monoisotopic (exact) mass is 284 g/mol. The maximum atomic E-state index is 12.4. The zero-order valence-electron chi connectivity index (χ0n) is 11.8. The molecule has 0 bridgehead atoms. The molecule has 5 nitrogen and oxygen atoms in total. The summed E-state index contributed by atoms with van der Waals surface area (Å²) in [6.07, 6.45) is 0.925. The van der Waals surface area contributed by atoms with E-state index >= 15 is 0 Å². The van der Waals surface area contributed by atoms with Crippen molar-refractivity contribution >= 4 is 23.3 Å². The summed E-state index contributed by atoms with van der Waals surface area (Å²) in [5.41, 5.74) is 2.63. The molecule has 106 valence electrons. The molecule has 0 spiro atoms. The number of nitrogen functional groups attached to an aromatic ring is 1. The number of amides is 1. The third kappa shape index (κ3) is 4.08. The van der Waals surface area contributed by atoms with Crippen molar-refractivity contribution in [3.8, 4) is 0 Å². The van der Waals surface area contributed by atoms with Gasteiger partial charge in [-0.2, -0.15) is 0 Å². The summed E-state index contributed by atoms with van der Waals surface area (Å²) in [5.74, 6) is 6.03. The van der Waals surface area contributed by atoms with E-state index in [1.807, 2.05) is 6.92 Å². The van der Waals surface area contributed by atoms with Crippen LogP contribution in [0.3, 0.4) is 0 Å². The highest BCUT2D eigenvalue weighted by Gasteiger charge is 2.22. The first-order valence-electron chi connectivity index (χ1n) is 6.27. The molecule has 0 aliphatic carbocycles. The molecule has 3 N–H and O–H groups in total. The van der Waals surface area contributed by atoms with Crippen LogP contribution in [0.1, 0.15) is 37.7 Å². The first kappa shape index (κ1) is 15.7. The maximum absolute atomic E-state index is 12.4. The van der Waals surface area contributed by atoms with Gasteiger partial charge in [0.25, 0.3) is 5.91 Å². The summed E-state index contributed by atoms with van der Waals surface area (Å²) in [5, 5.41) is 0.326. The van der Waals surface area contributed by atoms with Crippen LogP contribution in [0.2, 0.25) is 5.02 Å². The zero-order valence-corrected chi connectivity index (χ0v) is 12.5. The fourth-order valence-corrected chi connectivity index (χ4v) is 2.07. The standard InChI is InChI=1S/C13H21ClN4O/c1-8(2)7-9(3)18(4)13(19)12-10(14)5-6-11(16-12)17-15/h5-6,8-9H,7,15H2,1-4H3,(H,16,17). The van der Waals surface area contributed by atoms with Crippen molar-refractivity contribution < 1.29 is 4.79 Å². The minimum atomic E-state index is -0.199. The van der Waals surface area contributed by atoms with Crippen LogP contribution in [0, 0.1) is 5.92 Å². The van der Waals surface area contributed by atoms with E-state index in [2.05, 4.69) is 24.3 Å². The van der Waals surface area contributed by atoms with Gasteiger partial charge in [-0.1, -0.05) is 25.4 Å². The van der Waals surface area contributed by atoms with Crippen LogP contribution >= 0.6 is 11.6 Å². The second-order valence-electron chi connectivity index (χ2n) is 5.07. The van der Waals surface area contributed by atoms with Crippen molar-refractivity contribution in [1.82, 2.24) is 9.88 Å².